The summed E-state index contributed by atoms with van der Waals surface area (Å²) < 4.78 is 31.6. The number of halogens is 3. The van der Waals surface area contributed by atoms with Crippen LogP contribution in [0.4, 0.5) is 14.5 Å². The Morgan fingerprint density at radius 1 is 1.17 bits per heavy atom. The third kappa shape index (κ3) is 4.50. The molecule has 0 fully saturated rings. The molecular weight excluding hydrogens is 328 g/mol. The zero-order valence-electron chi connectivity index (χ0n) is 12.0. The van der Waals surface area contributed by atoms with Crippen LogP contribution in [0.25, 0.3) is 0 Å². The van der Waals surface area contributed by atoms with Gasteiger partial charge in [-0.3, -0.25) is 9.59 Å². The first-order valence-corrected chi connectivity index (χ1v) is 6.93. The molecule has 0 atom stereocenters. The maximum atomic E-state index is 13.4. The van der Waals surface area contributed by atoms with Crippen molar-refractivity contribution in [2.45, 2.75) is 6.92 Å². The van der Waals surface area contributed by atoms with E-state index in [1.54, 1.807) is 0 Å². The van der Waals surface area contributed by atoms with Crippen molar-refractivity contribution in [3.8, 4) is 5.75 Å². The SMILES string of the molecule is CC(=O)c1ccc(OCC(=O)Nc2cc(F)ccc2F)c(Cl)c1. The van der Waals surface area contributed by atoms with Gasteiger partial charge in [0.1, 0.15) is 17.4 Å². The van der Waals surface area contributed by atoms with E-state index in [0.29, 0.717) is 5.56 Å². The molecule has 2 aromatic carbocycles. The van der Waals surface area contributed by atoms with Crippen LogP contribution in [0.15, 0.2) is 36.4 Å². The maximum absolute atomic E-state index is 13.4. The molecule has 0 heterocycles. The quantitative estimate of drug-likeness (QED) is 0.842. The van der Waals surface area contributed by atoms with Crippen molar-refractivity contribution in [3.05, 3.63) is 58.6 Å². The van der Waals surface area contributed by atoms with Crippen molar-refractivity contribution in [1.82, 2.24) is 0 Å². The lowest BCUT2D eigenvalue weighted by Gasteiger charge is -2.10. The lowest BCUT2D eigenvalue weighted by molar-refractivity contribution is -0.118. The summed E-state index contributed by atoms with van der Waals surface area (Å²) >= 11 is 5.94. The number of anilines is 1. The summed E-state index contributed by atoms with van der Waals surface area (Å²) in [6.45, 7) is 0.947. The monoisotopic (exact) mass is 339 g/mol. The van der Waals surface area contributed by atoms with Crippen LogP contribution < -0.4 is 10.1 Å². The third-order valence-corrected chi connectivity index (χ3v) is 3.20. The second kappa shape index (κ2) is 7.19. The molecule has 0 unspecified atom stereocenters. The number of rotatable bonds is 5. The molecular formula is C16H12ClF2NO3. The van der Waals surface area contributed by atoms with Crippen molar-refractivity contribution in [3.63, 3.8) is 0 Å². The molecule has 0 saturated heterocycles. The Kier molecular flexibility index (Phi) is 5.28. The summed E-state index contributed by atoms with van der Waals surface area (Å²) in [5.74, 6) is -2.07. The smallest absolute Gasteiger partial charge is 0.262 e. The number of ketones is 1. The highest BCUT2D eigenvalue weighted by Gasteiger charge is 2.11. The molecule has 0 radical (unpaired) electrons. The molecule has 1 amide bonds. The predicted molar refractivity (Wildman–Crippen MR) is 81.9 cm³/mol. The minimum Gasteiger partial charge on any atom is -0.482 e. The summed E-state index contributed by atoms with van der Waals surface area (Å²) in [4.78, 5) is 22.9. The van der Waals surface area contributed by atoms with Gasteiger partial charge in [0, 0.05) is 11.6 Å². The van der Waals surface area contributed by atoms with Gasteiger partial charge in [0.2, 0.25) is 0 Å². The minimum atomic E-state index is -0.761. The van der Waals surface area contributed by atoms with Crippen LogP contribution in [-0.2, 0) is 4.79 Å². The molecule has 0 spiro atoms. The van der Waals surface area contributed by atoms with E-state index in [0.717, 1.165) is 18.2 Å². The van der Waals surface area contributed by atoms with E-state index in [1.165, 1.54) is 25.1 Å². The molecule has 0 aliphatic heterocycles. The Hall–Kier alpha value is -2.47. The van der Waals surface area contributed by atoms with Crippen LogP contribution in [0, 0.1) is 11.6 Å². The van der Waals surface area contributed by atoms with Crippen molar-refractivity contribution >= 4 is 29.0 Å². The summed E-state index contributed by atoms with van der Waals surface area (Å²) in [6.07, 6.45) is 0. The Labute approximate surface area is 136 Å². The summed E-state index contributed by atoms with van der Waals surface area (Å²) in [5, 5.41) is 2.36. The molecule has 0 saturated carbocycles. The maximum Gasteiger partial charge on any atom is 0.262 e. The second-order valence-corrected chi connectivity index (χ2v) is 5.07. The van der Waals surface area contributed by atoms with Gasteiger partial charge in [-0.05, 0) is 37.3 Å². The molecule has 2 rings (SSSR count). The number of Topliss-reactive ketones (excluding diaryl/α,β-unsaturated/α-hetero) is 1. The number of ether oxygens (including phenoxy) is 1. The number of amides is 1. The van der Waals surface area contributed by atoms with Crippen LogP contribution >= 0.6 is 11.6 Å². The molecule has 0 aliphatic rings. The molecule has 7 heteroatoms. The number of hydrogen-bond donors (Lipinski definition) is 1. The van der Waals surface area contributed by atoms with Crippen molar-refractivity contribution in [1.29, 1.82) is 0 Å². The highest BCUT2D eigenvalue weighted by molar-refractivity contribution is 6.32. The van der Waals surface area contributed by atoms with Crippen LogP contribution in [0.1, 0.15) is 17.3 Å². The average molecular weight is 340 g/mol. The Balaban J connectivity index is 1.99. The van der Waals surface area contributed by atoms with Gasteiger partial charge in [-0.25, -0.2) is 8.78 Å². The lowest BCUT2D eigenvalue weighted by atomic mass is 10.1. The number of nitrogens with one attached hydrogen (secondary N) is 1. The van der Waals surface area contributed by atoms with Gasteiger partial charge >= 0.3 is 0 Å². The van der Waals surface area contributed by atoms with Crippen molar-refractivity contribution in [2.24, 2.45) is 0 Å². The van der Waals surface area contributed by atoms with Crippen LogP contribution in [0.2, 0.25) is 5.02 Å². The van der Waals surface area contributed by atoms with E-state index in [4.69, 9.17) is 16.3 Å². The van der Waals surface area contributed by atoms with E-state index >= 15 is 0 Å². The van der Waals surface area contributed by atoms with E-state index < -0.39 is 24.1 Å². The fourth-order valence-electron chi connectivity index (χ4n) is 1.76. The molecule has 120 valence electrons. The third-order valence-electron chi connectivity index (χ3n) is 2.90. The number of benzene rings is 2. The van der Waals surface area contributed by atoms with Gasteiger partial charge in [0.05, 0.1) is 10.7 Å². The van der Waals surface area contributed by atoms with Gasteiger partial charge in [0.15, 0.2) is 12.4 Å². The first-order chi connectivity index (χ1) is 10.9. The normalized spacial score (nSPS) is 10.3. The average Bonchev–Trinajstić information content (AvgIpc) is 2.49. The number of hydrogen-bond acceptors (Lipinski definition) is 3. The highest BCUT2D eigenvalue weighted by Crippen LogP contribution is 2.25. The molecule has 0 aromatic heterocycles. The van der Waals surface area contributed by atoms with E-state index in [2.05, 4.69) is 5.32 Å². The van der Waals surface area contributed by atoms with Crippen molar-refractivity contribution < 1.29 is 23.1 Å². The standard InChI is InChI=1S/C16H12ClF2NO3/c1-9(21)10-2-5-15(12(17)6-10)23-8-16(22)20-14-7-11(18)3-4-13(14)19/h2-7H,8H2,1H3,(H,20,22). The Bertz CT molecular complexity index is 765. The van der Waals surface area contributed by atoms with Gasteiger partial charge in [-0.15, -0.1) is 0 Å². The minimum absolute atomic E-state index is 0.155. The largest absolute Gasteiger partial charge is 0.482 e. The zero-order valence-corrected chi connectivity index (χ0v) is 12.8. The molecule has 23 heavy (non-hydrogen) atoms. The fraction of sp³-hybridized carbons (Fsp3) is 0.125. The molecule has 0 aliphatic carbocycles. The van der Waals surface area contributed by atoms with E-state index in [-0.39, 0.29) is 22.2 Å². The number of carbonyl (C=O) groups is 2. The van der Waals surface area contributed by atoms with Crippen molar-refractivity contribution in [2.75, 3.05) is 11.9 Å². The van der Waals surface area contributed by atoms with Crippen LogP contribution in [0.3, 0.4) is 0 Å². The van der Waals surface area contributed by atoms with Gasteiger partial charge in [0.25, 0.3) is 5.91 Å². The van der Waals surface area contributed by atoms with Gasteiger partial charge in [-0.1, -0.05) is 11.6 Å². The Morgan fingerprint density at radius 2 is 1.91 bits per heavy atom. The van der Waals surface area contributed by atoms with Crippen LogP contribution in [0.5, 0.6) is 5.75 Å². The fourth-order valence-corrected chi connectivity index (χ4v) is 1.99. The molecule has 0 bridgehead atoms. The predicted octanol–water partition coefficient (Wildman–Crippen LogP) is 3.84. The second-order valence-electron chi connectivity index (χ2n) is 4.66. The van der Waals surface area contributed by atoms with Gasteiger partial charge < -0.3 is 10.1 Å². The van der Waals surface area contributed by atoms with E-state index in [9.17, 15) is 18.4 Å². The first kappa shape index (κ1) is 16.9. The summed E-state index contributed by atoms with van der Waals surface area (Å²) in [5.41, 5.74) is 0.130. The van der Waals surface area contributed by atoms with Gasteiger partial charge in [-0.2, -0.15) is 0 Å². The Morgan fingerprint density at radius 3 is 2.57 bits per heavy atom. The first-order valence-electron chi connectivity index (χ1n) is 6.55. The topological polar surface area (TPSA) is 55.4 Å². The highest BCUT2D eigenvalue weighted by atomic mass is 35.5. The molecule has 2 aromatic rings. The molecule has 4 nitrogen and oxygen atoms in total. The number of carbonyl (C=O) groups excluding carboxylic acids is 2. The lowest BCUT2D eigenvalue weighted by Crippen LogP contribution is -2.21. The molecule has 1 N–H and O–H groups in total. The summed E-state index contributed by atoms with van der Waals surface area (Å²) in [7, 11) is 0. The van der Waals surface area contributed by atoms with E-state index in [1.807, 2.05) is 0 Å². The van der Waals surface area contributed by atoms with Crippen LogP contribution in [-0.4, -0.2) is 18.3 Å². The zero-order chi connectivity index (χ0) is 17.0. The summed E-state index contributed by atoms with van der Waals surface area (Å²) in [6, 6.07) is 7.09.